The average Bonchev–Trinajstić information content (AvgIpc) is 3.10. The van der Waals surface area contributed by atoms with Gasteiger partial charge in [0.25, 0.3) is 0 Å². The van der Waals surface area contributed by atoms with Gasteiger partial charge in [-0.3, -0.25) is 4.79 Å². The van der Waals surface area contributed by atoms with E-state index in [9.17, 15) is 9.59 Å². The first kappa shape index (κ1) is 19.5. The van der Waals surface area contributed by atoms with Crippen LogP contribution < -0.4 is 4.74 Å². The zero-order chi connectivity index (χ0) is 19.4. The van der Waals surface area contributed by atoms with Crippen LogP contribution in [0.15, 0.2) is 30.3 Å². The molecule has 3 amide bonds. The maximum absolute atomic E-state index is 12.5. The van der Waals surface area contributed by atoms with E-state index >= 15 is 0 Å². The second kappa shape index (κ2) is 8.63. The van der Waals surface area contributed by atoms with E-state index in [0.29, 0.717) is 24.4 Å². The molecule has 6 nitrogen and oxygen atoms in total. The lowest BCUT2D eigenvalue weighted by Gasteiger charge is -2.36. The van der Waals surface area contributed by atoms with Crippen LogP contribution in [0.5, 0.6) is 5.75 Å². The molecule has 2 aliphatic heterocycles. The summed E-state index contributed by atoms with van der Waals surface area (Å²) < 4.78 is 6.04. The Labute approximate surface area is 162 Å². The Bertz CT molecular complexity index is 641. The molecule has 0 bridgehead atoms. The fourth-order valence-electron chi connectivity index (χ4n) is 4.41. The normalized spacial score (nSPS) is 23.4. The predicted molar refractivity (Wildman–Crippen MR) is 105 cm³/mol. The monoisotopic (exact) mass is 373 g/mol. The molecule has 0 saturated carbocycles. The van der Waals surface area contributed by atoms with Crippen molar-refractivity contribution in [3.05, 3.63) is 30.3 Å². The lowest BCUT2D eigenvalue weighted by atomic mass is 9.79. The van der Waals surface area contributed by atoms with E-state index in [1.807, 2.05) is 40.1 Å². The van der Waals surface area contributed by atoms with Crippen molar-refractivity contribution in [1.82, 2.24) is 14.7 Å². The number of urea groups is 1. The van der Waals surface area contributed by atoms with Gasteiger partial charge < -0.3 is 19.4 Å². The molecule has 0 aromatic heterocycles. The standard InChI is InChI=1S/C21H31N3O3/c1-16(25)23-11-9-17(10-12-23)20-14-24(21(26)22(2)3)13-18(20)15-27-19-7-5-4-6-8-19/h4-8,17-18,20H,9-15H2,1-3H3. The van der Waals surface area contributed by atoms with Crippen LogP contribution in [0.3, 0.4) is 0 Å². The molecule has 0 spiro atoms. The van der Waals surface area contributed by atoms with Gasteiger partial charge in [0.05, 0.1) is 6.61 Å². The van der Waals surface area contributed by atoms with Crippen LogP contribution >= 0.6 is 0 Å². The van der Waals surface area contributed by atoms with Gasteiger partial charge in [-0.25, -0.2) is 4.79 Å². The van der Waals surface area contributed by atoms with Crippen LogP contribution in [0.1, 0.15) is 19.8 Å². The van der Waals surface area contributed by atoms with E-state index in [2.05, 4.69) is 0 Å². The molecule has 1 aromatic carbocycles. The van der Waals surface area contributed by atoms with Crippen molar-refractivity contribution in [3.63, 3.8) is 0 Å². The minimum Gasteiger partial charge on any atom is -0.493 e. The van der Waals surface area contributed by atoms with Gasteiger partial charge in [-0.2, -0.15) is 0 Å². The van der Waals surface area contributed by atoms with E-state index in [-0.39, 0.29) is 11.9 Å². The molecule has 148 valence electrons. The Balaban J connectivity index is 1.66. The maximum atomic E-state index is 12.5. The Kier molecular flexibility index (Phi) is 6.24. The number of hydrogen-bond donors (Lipinski definition) is 0. The summed E-state index contributed by atoms with van der Waals surface area (Å²) in [7, 11) is 3.60. The number of rotatable bonds is 4. The lowest BCUT2D eigenvalue weighted by molar-refractivity contribution is -0.130. The summed E-state index contributed by atoms with van der Waals surface area (Å²) in [5, 5.41) is 0. The second-order valence-electron chi connectivity index (χ2n) is 7.97. The van der Waals surface area contributed by atoms with Gasteiger partial charge in [0, 0.05) is 53.1 Å². The fourth-order valence-corrected chi connectivity index (χ4v) is 4.41. The van der Waals surface area contributed by atoms with E-state index in [4.69, 9.17) is 4.74 Å². The van der Waals surface area contributed by atoms with E-state index in [1.165, 1.54) is 0 Å². The van der Waals surface area contributed by atoms with Gasteiger partial charge in [-0.15, -0.1) is 0 Å². The summed E-state index contributed by atoms with van der Waals surface area (Å²) in [6.45, 7) is 5.43. The highest BCUT2D eigenvalue weighted by molar-refractivity contribution is 5.74. The van der Waals surface area contributed by atoms with Gasteiger partial charge in [-0.05, 0) is 36.8 Å². The molecule has 27 heavy (non-hydrogen) atoms. The summed E-state index contributed by atoms with van der Waals surface area (Å²) in [5.41, 5.74) is 0. The Hall–Kier alpha value is -2.24. The van der Waals surface area contributed by atoms with Crippen LogP contribution in [0.2, 0.25) is 0 Å². The Morgan fingerprint density at radius 1 is 1.07 bits per heavy atom. The van der Waals surface area contributed by atoms with E-state index in [1.54, 1.807) is 25.9 Å². The second-order valence-corrected chi connectivity index (χ2v) is 7.97. The number of hydrogen-bond acceptors (Lipinski definition) is 3. The Morgan fingerprint density at radius 2 is 1.74 bits per heavy atom. The number of carbonyl (C=O) groups is 2. The molecular formula is C21H31N3O3. The molecule has 2 heterocycles. The SMILES string of the molecule is CC(=O)N1CCC(C2CN(C(=O)N(C)C)CC2COc2ccccc2)CC1. The maximum Gasteiger partial charge on any atom is 0.319 e. The molecule has 2 unspecified atom stereocenters. The summed E-state index contributed by atoms with van der Waals surface area (Å²) in [4.78, 5) is 29.6. The van der Waals surface area contributed by atoms with Crippen molar-refractivity contribution in [1.29, 1.82) is 0 Å². The number of nitrogens with zero attached hydrogens (tertiary/aromatic N) is 3. The van der Waals surface area contributed by atoms with Crippen molar-refractivity contribution < 1.29 is 14.3 Å². The summed E-state index contributed by atoms with van der Waals surface area (Å²) in [6.07, 6.45) is 2.02. The summed E-state index contributed by atoms with van der Waals surface area (Å²) in [5.74, 6) is 2.31. The predicted octanol–water partition coefficient (Wildman–Crippen LogP) is 2.55. The van der Waals surface area contributed by atoms with Crippen molar-refractivity contribution in [2.75, 3.05) is 46.9 Å². The van der Waals surface area contributed by atoms with Crippen LogP contribution in [-0.4, -0.2) is 73.5 Å². The van der Waals surface area contributed by atoms with Gasteiger partial charge >= 0.3 is 6.03 Å². The summed E-state index contributed by atoms with van der Waals surface area (Å²) >= 11 is 0. The average molecular weight is 373 g/mol. The quantitative estimate of drug-likeness (QED) is 0.815. The minimum atomic E-state index is 0.0726. The van der Waals surface area contributed by atoms with Crippen LogP contribution in [-0.2, 0) is 4.79 Å². The van der Waals surface area contributed by atoms with E-state index < -0.39 is 0 Å². The molecule has 2 atom stereocenters. The largest absolute Gasteiger partial charge is 0.493 e. The van der Waals surface area contributed by atoms with E-state index in [0.717, 1.165) is 44.8 Å². The highest BCUT2D eigenvalue weighted by Crippen LogP contribution is 2.36. The lowest BCUT2D eigenvalue weighted by Crippen LogP contribution is -2.41. The number of amides is 3. The molecule has 0 aliphatic carbocycles. The zero-order valence-corrected chi connectivity index (χ0v) is 16.6. The van der Waals surface area contributed by atoms with Gasteiger partial charge in [-0.1, -0.05) is 18.2 Å². The Morgan fingerprint density at radius 3 is 2.33 bits per heavy atom. The molecule has 1 aromatic rings. The number of ether oxygens (including phenoxy) is 1. The topological polar surface area (TPSA) is 53.1 Å². The third-order valence-corrected chi connectivity index (χ3v) is 5.94. The highest BCUT2D eigenvalue weighted by atomic mass is 16.5. The van der Waals surface area contributed by atoms with Gasteiger partial charge in [0.1, 0.15) is 5.75 Å². The molecule has 2 fully saturated rings. The third-order valence-electron chi connectivity index (χ3n) is 5.94. The van der Waals surface area contributed by atoms with Gasteiger partial charge in [0.15, 0.2) is 0 Å². The molecular weight excluding hydrogens is 342 g/mol. The van der Waals surface area contributed by atoms with Crippen LogP contribution in [0, 0.1) is 17.8 Å². The number of carbonyl (C=O) groups excluding carboxylic acids is 2. The molecule has 6 heteroatoms. The number of benzene rings is 1. The van der Waals surface area contributed by atoms with Crippen molar-refractivity contribution in [2.45, 2.75) is 19.8 Å². The van der Waals surface area contributed by atoms with Crippen LogP contribution in [0.25, 0.3) is 0 Å². The number of piperidine rings is 1. The molecule has 2 aliphatic rings. The molecule has 0 radical (unpaired) electrons. The third kappa shape index (κ3) is 4.73. The number of likely N-dealkylation sites (tertiary alicyclic amines) is 2. The minimum absolute atomic E-state index is 0.0726. The first-order valence-corrected chi connectivity index (χ1v) is 9.85. The highest BCUT2D eigenvalue weighted by Gasteiger charge is 2.41. The van der Waals surface area contributed by atoms with Crippen molar-refractivity contribution in [2.24, 2.45) is 17.8 Å². The first-order chi connectivity index (χ1) is 13.0. The fraction of sp³-hybridized carbons (Fsp3) is 0.619. The van der Waals surface area contributed by atoms with Gasteiger partial charge in [0.2, 0.25) is 5.91 Å². The zero-order valence-electron chi connectivity index (χ0n) is 16.6. The smallest absolute Gasteiger partial charge is 0.319 e. The van der Waals surface area contributed by atoms with Crippen LogP contribution in [0.4, 0.5) is 4.79 Å². The molecule has 0 N–H and O–H groups in total. The first-order valence-electron chi connectivity index (χ1n) is 9.85. The molecule has 2 saturated heterocycles. The number of para-hydroxylation sites is 1. The van der Waals surface area contributed by atoms with Crippen molar-refractivity contribution in [3.8, 4) is 5.75 Å². The molecule has 3 rings (SSSR count). The van der Waals surface area contributed by atoms with Crippen molar-refractivity contribution >= 4 is 11.9 Å². The summed E-state index contributed by atoms with van der Waals surface area (Å²) in [6, 6.07) is 9.94.